The number of hydrogen-bond donors (Lipinski definition) is 1. The van der Waals surface area contributed by atoms with E-state index in [2.05, 4.69) is 15.4 Å². The molecule has 152 valence electrons. The van der Waals surface area contributed by atoms with Gasteiger partial charge in [0.15, 0.2) is 9.84 Å². The summed E-state index contributed by atoms with van der Waals surface area (Å²) in [7, 11) is -3.31. The number of fused-ring (bicyclic) bond motifs is 1. The second kappa shape index (κ2) is 7.89. The molecule has 0 spiro atoms. The molecule has 0 aliphatic heterocycles. The Morgan fingerprint density at radius 1 is 1.10 bits per heavy atom. The van der Waals surface area contributed by atoms with Crippen molar-refractivity contribution in [3.63, 3.8) is 0 Å². The molecule has 4 aromatic rings. The van der Waals surface area contributed by atoms with Crippen molar-refractivity contribution >= 4 is 38.2 Å². The van der Waals surface area contributed by atoms with E-state index in [9.17, 15) is 13.2 Å². The van der Waals surface area contributed by atoms with Gasteiger partial charge in [0.2, 0.25) is 0 Å². The van der Waals surface area contributed by atoms with E-state index in [-0.39, 0.29) is 17.3 Å². The molecule has 1 amide bonds. The molecule has 2 aromatic carbocycles. The number of halogens is 1. The summed E-state index contributed by atoms with van der Waals surface area (Å²) >= 11 is 5.95. The van der Waals surface area contributed by atoms with Crippen molar-refractivity contribution < 1.29 is 13.2 Å². The van der Waals surface area contributed by atoms with Gasteiger partial charge in [-0.25, -0.2) is 13.1 Å². The SMILES string of the molecule is CS(=O)(=O)c1cccc(CNC(=O)c2cncc3c2cnn3-c2ccc(Cl)cc2)c1. The molecule has 7 nitrogen and oxygen atoms in total. The first-order valence-electron chi connectivity index (χ1n) is 8.98. The van der Waals surface area contributed by atoms with Gasteiger partial charge in [-0.15, -0.1) is 0 Å². The molecule has 0 aliphatic rings. The minimum Gasteiger partial charge on any atom is -0.348 e. The van der Waals surface area contributed by atoms with Crippen molar-refractivity contribution in [2.45, 2.75) is 11.4 Å². The van der Waals surface area contributed by atoms with Gasteiger partial charge in [0.1, 0.15) is 0 Å². The van der Waals surface area contributed by atoms with E-state index in [4.69, 9.17) is 11.6 Å². The second-order valence-corrected chi connectivity index (χ2v) is 9.21. The predicted molar refractivity (Wildman–Crippen MR) is 115 cm³/mol. The third kappa shape index (κ3) is 4.05. The molecule has 0 fully saturated rings. The maximum atomic E-state index is 12.8. The van der Waals surface area contributed by atoms with Gasteiger partial charge in [-0.2, -0.15) is 5.10 Å². The molecule has 0 saturated carbocycles. The van der Waals surface area contributed by atoms with Crippen molar-refractivity contribution in [2.75, 3.05) is 6.26 Å². The number of nitrogens with one attached hydrogen (secondary N) is 1. The van der Waals surface area contributed by atoms with E-state index in [0.717, 1.165) is 11.9 Å². The van der Waals surface area contributed by atoms with Gasteiger partial charge in [-0.3, -0.25) is 9.78 Å². The van der Waals surface area contributed by atoms with Crippen LogP contribution in [0.2, 0.25) is 5.02 Å². The first kappa shape index (κ1) is 20.1. The fraction of sp³-hybridized carbons (Fsp3) is 0.0952. The second-order valence-electron chi connectivity index (χ2n) is 6.75. The Morgan fingerprint density at radius 2 is 1.87 bits per heavy atom. The van der Waals surface area contributed by atoms with Gasteiger partial charge >= 0.3 is 0 Å². The van der Waals surface area contributed by atoms with Gasteiger partial charge in [0.25, 0.3) is 5.91 Å². The van der Waals surface area contributed by atoms with E-state index in [0.29, 0.717) is 27.1 Å². The Morgan fingerprint density at radius 3 is 2.60 bits per heavy atom. The molecule has 9 heteroatoms. The van der Waals surface area contributed by atoms with Crippen molar-refractivity contribution in [3.8, 4) is 5.69 Å². The third-order valence-corrected chi connectivity index (χ3v) is 5.95. The minimum atomic E-state index is -3.31. The lowest BCUT2D eigenvalue weighted by molar-refractivity contribution is 0.0952. The number of pyridine rings is 1. The molecule has 0 saturated heterocycles. The largest absolute Gasteiger partial charge is 0.348 e. The number of aromatic nitrogens is 3. The van der Waals surface area contributed by atoms with Crippen LogP contribution >= 0.6 is 11.6 Å². The molecule has 4 rings (SSSR count). The number of rotatable bonds is 5. The van der Waals surface area contributed by atoms with Crippen LogP contribution in [0.15, 0.2) is 72.0 Å². The average Bonchev–Trinajstić information content (AvgIpc) is 3.16. The van der Waals surface area contributed by atoms with E-state index < -0.39 is 9.84 Å². The van der Waals surface area contributed by atoms with Crippen LogP contribution in [0.25, 0.3) is 16.6 Å². The normalized spacial score (nSPS) is 11.5. The van der Waals surface area contributed by atoms with E-state index in [1.54, 1.807) is 47.4 Å². The molecule has 0 aliphatic carbocycles. The number of benzene rings is 2. The Bertz CT molecular complexity index is 1350. The fourth-order valence-corrected chi connectivity index (χ4v) is 3.89. The van der Waals surface area contributed by atoms with Crippen LogP contribution in [0.3, 0.4) is 0 Å². The highest BCUT2D eigenvalue weighted by Crippen LogP contribution is 2.22. The van der Waals surface area contributed by atoms with Gasteiger partial charge in [-0.1, -0.05) is 23.7 Å². The summed E-state index contributed by atoms with van der Waals surface area (Å²) in [5.74, 6) is -0.325. The first-order valence-corrected chi connectivity index (χ1v) is 11.2. The standard InChI is InChI=1S/C21H17ClN4O3S/c1-30(28,29)17-4-2-3-14(9-17)10-24-21(27)19-11-23-13-20-18(19)12-25-26(20)16-7-5-15(22)6-8-16/h2-9,11-13H,10H2,1H3,(H,24,27). The molecule has 0 bridgehead atoms. The molecule has 30 heavy (non-hydrogen) atoms. The Hall–Kier alpha value is -3.23. The molecule has 1 N–H and O–H groups in total. The summed E-state index contributed by atoms with van der Waals surface area (Å²) in [6.45, 7) is 0.184. The Kier molecular flexibility index (Phi) is 5.27. The monoisotopic (exact) mass is 440 g/mol. The van der Waals surface area contributed by atoms with E-state index in [1.807, 2.05) is 12.1 Å². The van der Waals surface area contributed by atoms with Crippen LogP contribution in [0.1, 0.15) is 15.9 Å². The molecule has 0 unspecified atom stereocenters. The van der Waals surface area contributed by atoms with E-state index >= 15 is 0 Å². The van der Waals surface area contributed by atoms with Gasteiger partial charge in [-0.05, 0) is 42.0 Å². The maximum Gasteiger partial charge on any atom is 0.253 e. The summed E-state index contributed by atoms with van der Waals surface area (Å²) in [4.78, 5) is 17.2. The average molecular weight is 441 g/mol. The van der Waals surface area contributed by atoms with Crippen molar-refractivity contribution in [2.24, 2.45) is 0 Å². The van der Waals surface area contributed by atoms with Gasteiger partial charge < -0.3 is 5.32 Å². The number of amides is 1. The van der Waals surface area contributed by atoms with Crippen LogP contribution in [0, 0.1) is 0 Å². The lowest BCUT2D eigenvalue weighted by atomic mass is 10.1. The zero-order valence-corrected chi connectivity index (χ0v) is 17.5. The number of hydrogen-bond acceptors (Lipinski definition) is 5. The van der Waals surface area contributed by atoms with Crippen molar-refractivity contribution in [1.29, 1.82) is 0 Å². The van der Waals surface area contributed by atoms with E-state index in [1.165, 1.54) is 12.3 Å². The highest BCUT2D eigenvalue weighted by molar-refractivity contribution is 7.90. The minimum absolute atomic E-state index is 0.184. The summed E-state index contributed by atoms with van der Waals surface area (Å²) in [6.07, 6.45) is 5.89. The van der Waals surface area contributed by atoms with Gasteiger partial charge in [0.05, 0.1) is 34.1 Å². The lowest BCUT2D eigenvalue weighted by Crippen LogP contribution is -2.23. The van der Waals surface area contributed by atoms with Crippen molar-refractivity contribution in [1.82, 2.24) is 20.1 Å². The highest BCUT2D eigenvalue weighted by atomic mass is 35.5. The molecule has 0 radical (unpaired) electrons. The third-order valence-electron chi connectivity index (χ3n) is 4.59. The van der Waals surface area contributed by atoms with Crippen LogP contribution in [0.5, 0.6) is 0 Å². The molecule has 2 aromatic heterocycles. The summed E-state index contributed by atoms with van der Waals surface area (Å²) in [6, 6.07) is 13.7. The molecular formula is C21H17ClN4O3S. The Labute approximate surface area is 178 Å². The lowest BCUT2D eigenvalue weighted by Gasteiger charge is -2.08. The smallest absolute Gasteiger partial charge is 0.253 e. The maximum absolute atomic E-state index is 12.8. The number of nitrogens with zero attached hydrogens (tertiary/aromatic N) is 3. The van der Waals surface area contributed by atoms with Crippen LogP contribution < -0.4 is 5.32 Å². The molecule has 2 heterocycles. The Balaban J connectivity index is 1.59. The van der Waals surface area contributed by atoms with Crippen LogP contribution in [0.4, 0.5) is 0 Å². The van der Waals surface area contributed by atoms with Crippen molar-refractivity contribution in [3.05, 3.63) is 83.3 Å². The summed E-state index contributed by atoms with van der Waals surface area (Å²) in [5, 5.41) is 8.47. The zero-order valence-electron chi connectivity index (χ0n) is 15.9. The fourth-order valence-electron chi connectivity index (χ4n) is 3.07. The topological polar surface area (TPSA) is 93.9 Å². The predicted octanol–water partition coefficient (Wildman–Crippen LogP) is 3.41. The number of carbonyl (C=O) groups is 1. The summed E-state index contributed by atoms with van der Waals surface area (Å²) < 4.78 is 25.1. The zero-order chi connectivity index (χ0) is 21.3. The molecule has 0 atom stereocenters. The van der Waals surface area contributed by atoms with Crippen LogP contribution in [-0.4, -0.2) is 35.3 Å². The number of sulfone groups is 1. The highest BCUT2D eigenvalue weighted by Gasteiger charge is 2.15. The number of carbonyl (C=O) groups excluding carboxylic acids is 1. The van der Waals surface area contributed by atoms with Gasteiger partial charge in [0, 0.05) is 29.4 Å². The first-order chi connectivity index (χ1) is 14.3. The quantitative estimate of drug-likeness (QED) is 0.513. The van der Waals surface area contributed by atoms with Crippen LogP contribution in [-0.2, 0) is 16.4 Å². The molecular weight excluding hydrogens is 424 g/mol. The summed E-state index contributed by atoms with van der Waals surface area (Å²) in [5.41, 5.74) is 2.55.